The molecule has 106 valence electrons. The summed E-state index contributed by atoms with van der Waals surface area (Å²) in [6, 6.07) is 16.0. The Balaban J connectivity index is 2.15. The van der Waals surface area contributed by atoms with Crippen LogP contribution in [0.4, 0.5) is 5.82 Å². The number of benzene rings is 2. The van der Waals surface area contributed by atoms with Crippen LogP contribution >= 0.6 is 0 Å². The molecule has 0 amide bonds. The molecule has 21 heavy (non-hydrogen) atoms. The molecule has 1 heterocycles. The molecule has 1 aromatic heterocycles. The van der Waals surface area contributed by atoms with Crippen molar-refractivity contribution in [2.45, 2.75) is 13.8 Å². The van der Waals surface area contributed by atoms with Crippen molar-refractivity contribution in [1.82, 2.24) is 9.66 Å². The van der Waals surface area contributed by atoms with Crippen molar-refractivity contribution >= 4 is 5.82 Å². The van der Waals surface area contributed by atoms with Crippen LogP contribution in [-0.2, 0) is 0 Å². The topological polar surface area (TPSA) is 69.9 Å². The van der Waals surface area contributed by atoms with Gasteiger partial charge < -0.3 is 11.6 Å². The van der Waals surface area contributed by atoms with Gasteiger partial charge in [-0.1, -0.05) is 42.5 Å². The van der Waals surface area contributed by atoms with Gasteiger partial charge in [0.05, 0.1) is 0 Å². The number of nitrogen functional groups attached to an aromatic ring is 2. The third kappa shape index (κ3) is 2.25. The van der Waals surface area contributed by atoms with Crippen LogP contribution in [0.5, 0.6) is 0 Å². The van der Waals surface area contributed by atoms with E-state index in [0.29, 0.717) is 11.6 Å². The second-order valence-electron chi connectivity index (χ2n) is 5.20. The van der Waals surface area contributed by atoms with Gasteiger partial charge in [0.2, 0.25) is 0 Å². The average molecular weight is 278 g/mol. The molecule has 4 heteroatoms. The van der Waals surface area contributed by atoms with Gasteiger partial charge in [0.1, 0.15) is 5.69 Å². The first-order valence-electron chi connectivity index (χ1n) is 6.84. The molecule has 3 aromatic rings. The molecule has 4 N–H and O–H groups in total. The van der Waals surface area contributed by atoms with E-state index >= 15 is 0 Å². The number of aromatic nitrogens is 2. The largest absolute Gasteiger partial charge is 0.382 e. The summed E-state index contributed by atoms with van der Waals surface area (Å²) in [5.41, 5.74) is 11.2. The van der Waals surface area contributed by atoms with E-state index < -0.39 is 0 Å². The van der Waals surface area contributed by atoms with Gasteiger partial charge >= 0.3 is 0 Å². The van der Waals surface area contributed by atoms with Crippen molar-refractivity contribution in [3.05, 3.63) is 59.7 Å². The van der Waals surface area contributed by atoms with Gasteiger partial charge in [-0.05, 0) is 31.0 Å². The van der Waals surface area contributed by atoms with Gasteiger partial charge in [-0.2, -0.15) is 0 Å². The highest BCUT2D eigenvalue weighted by atomic mass is 15.4. The molecule has 0 atom stereocenters. The smallest absolute Gasteiger partial charge is 0.160 e. The standard InChI is InChI=1S/C17H18N4/c1-11-8-9-14(10-12(11)2)15-16(18)21(19)17(20-15)13-6-4-3-5-7-13/h3-10H,18-19H2,1-2H3. The molecule has 0 fully saturated rings. The summed E-state index contributed by atoms with van der Waals surface area (Å²) in [6.07, 6.45) is 0. The molecule has 0 aliphatic carbocycles. The summed E-state index contributed by atoms with van der Waals surface area (Å²) in [5, 5.41) is 0. The van der Waals surface area contributed by atoms with Gasteiger partial charge in [0.25, 0.3) is 0 Å². The predicted molar refractivity (Wildman–Crippen MR) is 87.1 cm³/mol. The van der Waals surface area contributed by atoms with Crippen LogP contribution in [0.15, 0.2) is 48.5 Å². The normalized spacial score (nSPS) is 10.8. The van der Waals surface area contributed by atoms with Crippen LogP contribution in [0.25, 0.3) is 22.6 Å². The van der Waals surface area contributed by atoms with Gasteiger partial charge in [-0.3, -0.25) is 0 Å². The minimum atomic E-state index is 0.470. The summed E-state index contributed by atoms with van der Waals surface area (Å²) in [5.74, 6) is 7.21. The first-order valence-corrected chi connectivity index (χ1v) is 6.84. The number of aryl methyl sites for hydroxylation is 2. The Hall–Kier alpha value is -2.75. The maximum absolute atomic E-state index is 6.14. The zero-order valence-electron chi connectivity index (χ0n) is 12.2. The van der Waals surface area contributed by atoms with Crippen molar-refractivity contribution in [3.8, 4) is 22.6 Å². The fourth-order valence-electron chi connectivity index (χ4n) is 2.34. The number of hydrogen-bond donors (Lipinski definition) is 2. The Bertz CT molecular complexity index is 788. The number of nitrogens with two attached hydrogens (primary N) is 2. The summed E-state index contributed by atoms with van der Waals surface area (Å²) in [4.78, 5) is 4.63. The Morgan fingerprint density at radius 1 is 0.905 bits per heavy atom. The lowest BCUT2D eigenvalue weighted by atomic mass is 10.0. The average Bonchev–Trinajstić information content (AvgIpc) is 2.79. The van der Waals surface area contributed by atoms with E-state index in [1.807, 2.05) is 36.4 Å². The number of imidazole rings is 1. The minimum Gasteiger partial charge on any atom is -0.382 e. The van der Waals surface area contributed by atoms with E-state index in [2.05, 4.69) is 31.0 Å². The highest BCUT2D eigenvalue weighted by Gasteiger charge is 2.16. The maximum atomic E-state index is 6.14. The molecular formula is C17H18N4. The highest BCUT2D eigenvalue weighted by Crippen LogP contribution is 2.30. The SMILES string of the molecule is Cc1ccc(-c2nc(-c3ccccc3)n(N)c2N)cc1C. The van der Waals surface area contributed by atoms with E-state index in [0.717, 1.165) is 16.8 Å². The minimum absolute atomic E-state index is 0.470. The first kappa shape index (κ1) is 13.2. The lowest BCUT2D eigenvalue weighted by Crippen LogP contribution is -2.13. The molecule has 4 nitrogen and oxygen atoms in total. The fourth-order valence-corrected chi connectivity index (χ4v) is 2.34. The van der Waals surface area contributed by atoms with E-state index in [9.17, 15) is 0 Å². The molecule has 0 radical (unpaired) electrons. The Kier molecular flexibility index (Phi) is 3.14. The van der Waals surface area contributed by atoms with Gasteiger partial charge in [-0.15, -0.1) is 0 Å². The van der Waals surface area contributed by atoms with Gasteiger partial charge in [-0.25, -0.2) is 9.66 Å². The van der Waals surface area contributed by atoms with Crippen LogP contribution < -0.4 is 11.6 Å². The van der Waals surface area contributed by atoms with Crippen LogP contribution in [0.1, 0.15) is 11.1 Å². The van der Waals surface area contributed by atoms with E-state index in [4.69, 9.17) is 11.6 Å². The summed E-state index contributed by atoms with van der Waals surface area (Å²) >= 11 is 0. The van der Waals surface area contributed by atoms with E-state index in [-0.39, 0.29) is 0 Å². The number of rotatable bonds is 2. The third-order valence-electron chi connectivity index (χ3n) is 3.76. The quantitative estimate of drug-likeness (QED) is 0.707. The monoisotopic (exact) mass is 278 g/mol. The molecule has 0 unspecified atom stereocenters. The first-order chi connectivity index (χ1) is 10.1. The molecule has 0 spiro atoms. The van der Waals surface area contributed by atoms with Crippen LogP contribution in [0.2, 0.25) is 0 Å². The lowest BCUT2D eigenvalue weighted by Gasteiger charge is -2.04. The maximum Gasteiger partial charge on any atom is 0.160 e. The molecular weight excluding hydrogens is 260 g/mol. The molecule has 0 aliphatic heterocycles. The van der Waals surface area contributed by atoms with Crippen molar-refractivity contribution in [2.24, 2.45) is 0 Å². The zero-order chi connectivity index (χ0) is 15.0. The van der Waals surface area contributed by atoms with Crippen molar-refractivity contribution in [1.29, 1.82) is 0 Å². The molecule has 3 rings (SSSR count). The van der Waals surface area contributed by atoms with Crippen molar-refractivity contribution in [2.75, 3.05) is 11.6 Å². The fraction of sp³-hybridized carbons (Fsp3) is 0.118. The second-order valence-corrected chi connectivity index (χ2v) is 5.20. The van der Waals surface area contributed by atoms with Gasteiger partial charge in [0, 0.05) is 11.1 Å². The van der Waals surface area contributed by atoms with E-state index in [1.54, 1.807) is 0 Å². The molecule has 0 saturated carbocycles. The summed E-state index contributed by atoms with van der Waals surface area (Å²) in [6.45, 7) is 4.16. The third-order valence-corrected chi connectivity index (χ3v) is 3.76. The molecule has 0 saturated heterocycles. The van der Waals surface area contributed by atoms with E-state index in [1.165, 1.54) is 15.8 Å². The number of hydrogen-bond acceptors (Lipinski definition) is 3. The van der Waals surface area contributed by atoms with Crippen molar-refractivity contribution in [3.63, 3.8) is 0 Å². The Labute approximate surface area is 124 Å². The number of anilines is 1. The highest BCUT2D eigenvalue weighted by molar-refractivity contribution is 5.76. The zero-order valence-corrected chi connectivity index (χ0v) is 12.2. The van der Waals surface area contributed by atoms with Crippen LogP contribution in [0.3, 0.4) is 0 Å². The Morgan fingerprint density at radius 2 is 1.62 bits per heavy atom. The Morgan fingerprint density at radius 3 is 2.29 bits per heavy atom. The van der Waals surface area contributed by atoms with Gasteiger partial charge in [0.15, 0.2) is 11.6 Å². The summed E-state index contributed by atoms with van der Waals surface area (Å²) < 4.78 is 1.44. The number of nitrogens with zero attached hydrogens (tertiary/aromatic N) is 2. The molecule has 2 aromatic carbocycles. The van der Waals surface area contributed by atoms with Crippen LogP contribution in [-0.4, -0.2) is 9.66 Å². The molecule has 0 bridgehead atoms. The van der Waals surface area contributed by atoms with Crippen molar-refractivity contribution < 1.29 is 0 Å². The second kappa shape index (κ2) is 4.98. The lowest BCUT2D eigenvalue weighted by molar-refractivity contribution is 1.02. The predicted octanol–water partition coefficient (Wildman–Crippen LogP) is 3.13. The summed E-state index contributed by atoms with van der Waals surface area (Å²) in [7, 11) is 0. The van der Waals surface area contributed by atoms with Crippen LogP contribution in [0, 0.1) is 13.8 Å². The molecule has 0 aliphatic rings.